The van der Waals surface area contributed by atoms with Gasteiger partial charge < -0.3 is 22.1 Å². The third kappa shape index (κ3) is 4.15. The van der Waals surface area contributed by atoms with Crippen molar-refractivity contribution >= 4 is 11.9 Å². The molecule has 0 heterocycles. The van der Waals surface area contributed by atoms with Gasteiger partial charge >= 0.3 is 0 Å². The van der Waals surface area contributed by atoms with Crippen LogP contribution in [0.3, 0.4) is 0 Å². The molecule has 0 saturated carbocycles. The second-order valence-electron chi connectivity index (χ2n) is 1.92. The fourth-order valence-electron chi connectivity index (χ4n) is 0.443. The van der Waals surface area contributed by atoms with Crippen molar-refractivity contribution in [3.63, 3.8) is 0 Å². The largest absolute Gasteiger partial charge is 0.374 e. The Morgan fingerprint density at radius 3 is 2.08 bits per heavy atom. The molecule has 6 N–H and O–H groups in total. The molecule has 0 saturated heterocycles. The number of nitrogens with two attached hydrogens (primary N) is 2. The van der Waals surface area contributed by atoms with Crippen LogP contribution >= 0.6 is 0 Å². The number of guanidine groups is 2. The van der Waals surface area contributed by atoms with Crippen molar-refractivity contribution in [2.75, 3.05) is 14.1 Å². The quantitative estimate of drug-likeness (QED) is 0.300. The summed E-state index contributed by atoms with van der Waals surface area (Å²) in [5.74, 6) is 0.741. The molecule has 0 bridgehead atoms. The maximum absolute atomic E-state index is 5.14. The van der Waals surface area contributed by atoms with Crippen LogP contribution in [0.1, 0.15) is 0 Å². The lowest BCUT2D eigenvalue weighted by atomic mass is 10.7. The van der Waals surface area contributed by atoms with E-state index >= 15 is 0 Å². The van der Waals surface area contributed by atoms with E-state index in [9.17, 15) is 0 Å². The zero-order valence-electron chi connectivity index (χ0n) is 7.26. The summed E-state index contributed by atoms with van der Waals surface area (Å²) in [5.41, 5.74) is 10.3. The van der Waals surface area contributed by atoms with E-state index in [-0.39, 0.29) is 5.96 Å². The SMILES string of the molecule is C=C(/N=C(\N=C(N)N)NC)NC. The van der Waals surface area contributed by atoms with Crippen molar-refractivity contribution in [1.82, 2.24) is 10.6 Å². The second kappa shape index (κ2) is 5.00. The summed E-state index contributed by atoms with van der Waals surface area (Å²) in [6, 6.07) is 0. The number of aliphatic imine (C=N–C) groups is 2. The van der Waals surface area contributed by atoms with Crippen molar-refractivity contribution in [2.45, 2.75) is 0 Å². The highest BCUT2D eigenvalue weighted by Crippen LogP contribution is 1.85. The van der Waals surface area contributed by atoms with Gasteiger partial charge in [-0.05, 0) is 0 Å². The van der Waals surface area contributed by atoms with E-state index in [2.05, 4.69) is 27.2 Å². The summed E-state index contributed by atoms with van der Waals surface area (Å²) in [7, 11) is 3.36. The smallest absolute Gasteiger partial charge is 0.227 e. The molecular formula is C6H14N6. The van der Waals surface area contributed by atoms with Crippen LogP contribution < -0.4 is 22.1 Å². The average molecular weight is 170 g/mol. The zero-order valence-corrected chi connectivity index (χ0v) is 7.26. The van der Waals surface area contributed by atoms with E-state index in [1.165, 1.54) is 0 Å². The van der Waals surface area contributed by atoms with Crippen LogP contribution in [-0.4, -0.2) is 26.0 Å². The molecule has 6 heteroatoms. The monoisotopic (exact) mass is 170 g/mol. The van der Waals surface area contributed by atoms with Crippen molar-refractivity contribution < 1.29 is 0 Å². The molecule has 0 aromatic rings. The number of rotatable bonds is 2. The average Bonchev–Trinajstić information content (AvgIpc) is 2.02. The van der Waals surface area contributed by atoms with Gasteiger partial charge in [0.25, 0.3) is 0 Å². The molecule has 0 aliphatic rings. The third-order valence-corrected chi connectivity index (χ3v) is 0.988. The first-order chi connectivity index (χ1) is 5.60. The van der Waals surface area contributed by atoms with Gasteiger partial charge in [0.1, 0.15) is 5.82 Å². The molecule has 0 aromatic heterocycles. The van der Waals surface area contributed by atoms with Crippen LogP contribution in [0.15, 0.2) is 22.4 Å². The standard InChI is InChI=1S/C6H14N6/c1-4(9-2)11-6(10-3)12-5(7)8/h9H,1H2,2-3H3,(H5,7,8,10,11,12). The molecule has 12 heavy (non-hydrogen) atoms. The predicted molar refractivity (Wildman–Crippen MR) is 50.5 cm³/mol. The summed E-state index contributed by atoms with van der Waals surface area (Å²) >= 11 is 0. The third-order valence-electron chi connectivity index (χ3n) is 0.988. The highest BCUT2D eigenvalue weighted by atomic mass is 15.2. The Morgan fingerprint density at radius 1 is 1.17 bits per heavy atom. The lowest BCUT2D eigenvalue weighted by molar-refractivity contribution is 0.958. The molecule has 0 aromatic carbocycles. The fourth-order valence-corrected chi connectivity index (χ4v) is 0.443. The van der Waals surface area contributed by atoms with Gasteiger partial charge in [-0.1, -0.05) is 6.58 Å². The molecule has 0 aliphatic heterocycles. The number of nitrogens with zero attached hydrogens (tertiary/aromatic N) is 2. The highest BCUT2D eigenvalue weighted by molar-refractivity contribution is 5.93. The molecule has 0 atom stereocenters. The maximum Gasteiger partial charge on any atom is 0.227 e. The van der Waals surface area contributed by atoms with Gasteiger partial charge in [0.2, 0.25) is 5.96 Å². The van der Waals surface area contributed by atoms with E-state index in [1.54, 1.807) is 14.1 Å². The lowest BCUT2D eigenvalue weighted by Crippen LogP contribution is -2.28. The van der Waals surface area contributed by atoms with Crippen LogP contribution in [0.25, 0.3) is 0 Å². The summed E-state index contributed by atoms with van der Waals surface area (Å²) in [6.07, 6.45) is 0. The van der Waals surface area contributed by atoms with Crippen molar-refractivity contribution in [1.29, 1.82) is 0 Å². The van der Waals surface area contributed by atoms with E-state index < -0.39 is 0 Å². The van der Waals surface area contributed by atoms with Gasteiger partial charge in [0.05, 0.1) is 0 Å². The van der Waals surface area contributed by atoms with Crippen molar-refractivity contribution in [2.24, 2.45) is 21.5 Å². The van der Waals surface area contributed by atoms with Gasteiger partial charge in [-0.3, -0.25) is 0 Å². The molecule has 68 valence electrons. The number of hydrogen-bond acceptors (Lipinski definition) is 2. The number of hydrogen-bond donors (Lipinski definition) is 4. The normalized spacial score (nSPS) is 10.3. The highest BCUT2D eigenvalue weighted by Gasteiger charge is 1.92. The first kappa shape index (κ1) is 10.3. The van der Waals surface area contributed by atoms with Crippen LogP contribution in [0.5, 0.6) is 0 Å². The second-order valence-corrected chi connectivity index (χ2v) is 1.92. The van der Waals surface area contributed by atoms with Gasteiger partial charge in [0, 0.05) is 14.1 Å². The van der Waals surface area contributed by atoms with Gasteiger partial charge in [-0.25, -0.2) is 0 Å². The van der Waals surface area contributed by atoms with Gasteiger partial charge in [0.15, 0.2) is 5.96 Å². The van der Waals surface area contributed by atoms with Crippen LogP contribution in [0.2, 0.25) is 0 Å². The van der Waals surface area contributed by atoms with Crippen LogP contribution in [0.4, 0.5) is 0 Å². The van der Waals surface area contributed by atoms with Crippen LogP contribution in [-0.2, 0) is 0 Å². The predicted octanol–water partition coefficient (Wildman–Crippen LogP) is -1.47. The van der Waals surface area contributed by atoms with Gasteiger partial charge in [-0.2, -0.15) is 9.98 Å². The van der Waals surface area contributed by atoms with E-state index in [0.29, 0.717) is 11.8 Å². The molecule has 0 radical (unpaired) electrons. The van der Waals surface area contributed by atoms with E-state index in [1.807, 2.05) is 0 Å². The van der Waals surface area contributed by atoms with Crippen molar-refractivity contribution in [3.05, 3.63) is 12.4 Å². The first-order valence-corrected chi connectivity index (χ1v) is 3.33. The molecular weight excluding hydrogens is 156 g/mol. The molecule has 0 fully saturated rings. The zero-order chi connectivity index (χ0) is 9.56. The summed E-state index contributed by atoms with van der Waals surface area (Å²) in [5, 5.41) is 5.43. The van der Waals surface area contributed by atoms with Crippen LogP contribution in [0, 0.1) is 0 Å². The lowest BCUT2D eigenvalue weighted by Gasteiger charge is -2.01. The minimum atomic E-state index is -0.0491. The summed E-state index contributed by atoms with van der Waals surface area (Å²) in [6.45, 7) is 3.58. The Hall–Kier alpha value is -1.72. The number of nitrogens with one attached hydrogen (secondary N) is 2. The first-order valence-electron chi connectivity index (χ1n) is 3.33. The Bertz CT molecular complexity index is 212. The Balaban J connectivity index is 4.44. The molecule has 0 spiro atoms. The van der Waals surface area contributed by atoms with E-state index in [4.69, 9.17) is 11.5 Å². The molecule has 0 amide bonds. The molecule has 0 aliphatic carbocycles. The minimum absolute atomic E-state index is 0.0491. The summed E-state index contributed by atoms with van der Waals surface area (Å²) < 4.78 is 0. The fraction of sp³-hybridized carbons (Fsp3) is 0.333. The van der Waals surface area contributed by atoms with Gasteiger partial charge in [-0.15, -0.1) is 0 Å². The Morgan fingerprint density at radius 2 is 1.75 bits per heavy atom. The molecule has 0 unspecified atom stereocenters. The Labute approximate surface area is 71.4 Å². The topological polar surface area (TPSA) is 101 Å². The minimum Gasteiger partial charge on any atom is -0.374 e. The Kier molecular flexibility index (Phi) is 4.28. The van der Waals surface area contributed by atoms with Crippen molar-refractivity contribution in [3.8, 4) is 0 Å². The molecule has 6 nitrogen and oxygen atoms in total. The molecule has 0 rings (SSSR count). The summed E-state index contributed by atoms with van der Waals surface area (Å²) in [4.78, 5) is 7.60. The maximum atomic E-state index is 5.14. The van der Waals surface area contributed by atoms with E-state index in [0.717, 1.165) is 0 Å².